The van der Waals surface area contributed by atoms with E-state index < -0.39 is 38.9 Å². The lowest BCUT2D eigenvalue weighted by molar-refractivity contribution is -0.195. The van der Waals surface area contributed by atoms with Gasteiger partial charge in [0.05, 0.1) is 65.1 Å². The second kappa shape index (κ2) is 16.3. The van der Waals surface area contributed by atoms with E-state index in [1.165, 1.54) is 19.2 Å². The number of anilines is 7. The van der Waals surface area contributed by atoms with Gasteiger partial charge in [0.1, 0.15) is 5.75 Å². The number of alkyl halides is 3. The number of para-hydroxylation sites is 1. The van der Waals surface area contributed by atoms with Crippen molar-refractivity contribution in [3.63, 3.8) is 0 Å². The third-order valence-corrected chi connectivity index (χ3v) is 10.8. The number of esters is 1. The molecule has 0 atom stereocenters. The number of aromatic nitrogens is 2. The number of amides is 1. The van der Waals surface area contributed by atoms with E-state index in [1.807, 2.05) is 16.8 Å². The number of sulfone groups is 1. The standard InChI is InChI=1S/C34H41F3N8O7S/c1-21(2)53(48,49)29-9-7-6-8-23(29)39-30-27(45-14-16-51-17-15-45)20-38-33(42-30)41-25-18-24(40-31(46)22(3)52-32(47)34(35,36)37)26(19-28(25)50-5)44-12-10-43(4)11-13-44/h6-9,18-21H,3,10-17H2,1-2,4-5H3,(H,40,46)(H2,38,39,41,42). The van der Waals surface area contributed by atoms with E-state index in [2.05, 4.69) is 37.2 Å². The van der Waals surface area contributed by atoms with Crippen LogP contribution >= 0.6 is 0 Å². The summed E-state index contributed by atoms with van der Waals surface area (Å²) in [5.41, 5.74) is 1.78. The van der Waals surface area contributed by atoms with Gasteiger partial charge in [-0.15, -0.1) is 0 Å². The number of carbonyl (C=O) groups excluding carboxylic acids is 2. The predicted octanol–water partition coefficient (Wildman–Crippen LogP) is 4.30. The highest BCUT2D eigenvalue weighted by atomic mass is 32.2. The first kappa shape index (κ1) is 39.1. The molecular formula is C34H41F3N8O7S. The molecule has 1 aromatic heterocycles. The van der Waals surface area contributed by atoms with Gasteiger partial charge in [-0.25, -0.2) is 18.2 Å². The fourth-order valence-electron chi connectivity index (χ4n) is 5.54. The lowest BCUT2D eigenvalue weighted by Crippen LogP contribution is -2.44. The molecule has 2 aliphatic heterocycles. The number of rotatable bonds is 12. The molecule has 0 aliphatic carbocycles. The van der Waals surface area contributed by atoms with E-state index in [0.29, 0.717) is 81.1 Å². The van der Waals surface area contributed by atoms with Crippen molar-refractivity contribution in [1.29, 1.82) is 0 Å². The summed E-state index contributed by atoms with van der Waals surface area (Å²) >= 11 is 0. The number of nitrogens with one attached hydrogen (secondary N) is 3. The van der Waals surface area contributed by atoms with Crippen LogP contribution in [0.25, 0.3) is 0 Å². The Morgan fingerprint density at radius 3 is 2.25 bits per heavy atom. The molecule has 0 saturated carbocycles. The summed E-state index contributed by atoms with van der Waals surface area (Å²) in [6.07, 6.45) is -3.75. The Balaban J connectivity index is 1.53. The number of halogens is 3. The Bertz CT molecular complexity index is 1950. The summed E-state index contributed by atoms with van der Waals surface area (Å²) in [6.45, 7) is 10.9. The summed E-state index contributed by atoms with van der Waals surface area (Å²) in [5.74, 6) is -4.16. The summed E-state index contributed by atoms with van der Waals surface area (Å²) in [5, 5.41) is 8.13. The van der Waals surface area contributed by atoms with E-state index in [0.717, 1.165) is 0 Å². The molecule has 3 aromatic rings. The van der Waals surface area contributed by atoms with Gasteiger partial charge in [-0.1, -0.05) is 18.7 Å². The smallest absolute Gasteiger partial charge is 0.491 e. The van der Waals surface area contributed by atoms with Crippen molar-refractivity contribution in [2.75, 3.05) is 92.4 Å². The zero-order valence-electron chi connectivity index (χ0n) is 29.6. The predicted molar refractivity (Wildman–Crippen MR) is 193 cm³/mol. The van der Waals surface area contributed by atoms with Gasteiger partial charge < -0.3 is 44.9 Å². The number of carbonyl (C=O) groups is 2. The van der Waals surface area contributed by atoms with Crippen LogP contribution in [-0.2, 0) is 28.9 Å². The molecule has 1 amide bonds. The Morgan fingerprint density at radius 2 is 1.60 bits per heavy atom. The van der Waals surface area contributed by atoms with E-state index >= 15 is 0 Å². The monoisotopic (exact) mass is 762 g/mol. The van der Waals surface area contributed by atoms with Gasteiger partial charge in [-0.05, 0) is 39.1 Å². The lowest BCUT2D eigenvalue weighted by atomic mass is 10.1. The third kappa shape index (κ3) is 9.27. The number of morpholine rings is 1. The Morgan fingerprint density at radius 1 is 0.943 bits per heavy atom. The molecule has 53 heavy (non-hydrogen) atoms. The minimum Gasteiger partial charge on any atom is -0.494 e. The number of hydrogen-bond acceptors (Lipinski definition) is 14. The number of methoxy groups -OCH3 is 1. The van der Waals surface area contributed by atoms with Gasteiger partial charge in [-0.2, -0.15) is 18.2 Å². The largest absolute Gasteiger partial charge is 0.494 e. The van der Waals surface area contributed by atoms with Crippen molar-refractivity contribution in [2.24, 2.45) is 0 Å². The van der Waals surface area contributed by atoms with E-state index in [-0.39, 0.29) is 22.2 Å². The minimum atomic E-state index is -5.33. The van der Waals surface area contributed by atoms with Crippen LogP contribution in [0.4, 0.5) is 53.4 Å². The number of piperazine rings is 1. The van der Waals surface area contributed by atoms with Crippen molar-refractivity contribution in [1.82, 2.24) is 14.9 Å². The Kier molecular flexibility index (Phi) is 12.0. The van der Waals surface area contributed by atoms with Crippen molar-refractivity contribution in [3.05, 3.63) is 54.9 Å². The molecule has 5 rings (SSSR count). The van der Waals surface area contributed by atoms with Crippen molar-refractivity contribution in [2.45, 2.75) is 30.2 Å². The van der Waals surface area contributed by atoms with Crippen LogP contribution in [0, 0.1) is 0 Å². The third-order valence-electron chi connectivity index (χ3n) is 8.55. The quantitative estimate of drug-likeness (QED) is 0.136. The molecule has 3 N–H and O–H groups in total. The van der Waals surface area contributed by atoms with Gasteiger partial charge in [0, 0.05) is 45.3 Å². The fraction of sp³-hybridized carbons (Fsp3) is 0.412. The van der Waals surface area contributed by atoms with E-state index in [4.69, 9.17) is 14.5 Å². The highest BCUT2D eigenvalue weighted by molar-refractivity contribution is 7.92. The molecule has 3 heterocycles. The fourth-order valence-corrected chi connectivity index (χ4v) is 6.74. The van der Waals surface area contributed by atoms with Crippen LogP contribution in [0.2, 0.25) is 0 Å². The van der Waals surface area contributed by atoms with Crippen molar-refractivity contribution < 1.29 is 45.4 Å². The van der Waals surface area contributed by atoms with Gasteiger partial charge in [0.2, 0.25) is 5.95 Å². The maximum absolute atomic E-state index is 13.3. The van der Waals surface area contributed by atoms with Crippen molar-refractivity contribution in [3.8, 4) is 5.75 Å². The normalized spacial score (nSPS) is 15.5. The average Bonchev–Trinajstić information content (AvgIpc) is 3.12. The number of benzene rings is 2. The lowest BCUT2D eigenvalue weighted by Gasteiger charge is -2.35. The molecule has 15 nitrogen and oxygen atoms in total. The molecule has 286 valence electrons. The Labute approximate surface area is 305 Å². The van der Waals surface area contributed by atoms with Crippen LogP contribution in [0.5, 0.6) is 5.75 Å². The average molecular weight is 763 g/mol. The van der Waals surface area contributed by atoms with E-state index in [9.17, 15) is 31.2 Å². The molecule has 2 aromatic carbocycles. The first-order valence-electron chi connectivity index (χ1n) is 16.6. The van der Waals surface area contributed by atoms with Crippen molar-refractivity contribution >= 4 is 61.9 Å². The SMILES string of the molecule is C=C(OC(=O)C(F)(F)F)C(=O)Nc1cc(Nc2ncc(N3CCOCC3)c(Nc3ccccc3S(=O)(=O)C(C)C)n2)c(OC)cc1N1CCN(C)CC1. The van der Waals surface area contributed by atoms with Gasteiger partial charge in [0.25, 0.3) is 5.91 Å². The number of ether oxygens (including phenoxy) is 3. The highest BCUT2D eigenvalue weighted by Crippen LogP contribution is 2.40. The van der Waals surface area contributed by atoms with Crippen LogP contribution in [0.1, 0.15) is 13.8 Å². The molecular weight excluding hydrogens is 721 g/mol. The number of likely N-dealkylation sites (N-methyl/N-ethyl adjacent to an activating group) is 1. The summed E-state index contributed by atoms with van der Waals surface area (Å²) < 4.78 is 80.4. The maximum atomic E-state index is 13.3. The van der Waals surface area contributed by atoms with Gasteiger partial charge in [0.15, 0.2) is 21.4 Å². The first-order chi connectivity index (χ1) is 25.1. The summed E-state index contributed by atoms with van der Waals surface area (Å²) in [4.78, 5) is 39.8. The van der Waals surface area contributed by atoms with E-state index in [1.54, 1.807) is 44.3 Å². The molecule has 0 radical (unpaired) electrons. The van der Waals surface area contributed by atoms with Crippen LogP contribution < -0.4 is 30.5 Å². The van der Waals surface area contributed by atoms with Gasteiger partial charge >= 0.3 is 12.1 Å². The summed E-state index contributed by atoms with van der Waals surface area (Å²) in [7, 11) is -0.290. The molecule has 19 heteroatoms. The van der Waals surface area contributed by atoms with Crippen LogP contribution in [-0.4, -0.2) is 113 Å². The van der Waals surface area contributed by atoms with Crippen LogP contribution in [0.3, 0.4) is 0 Å². The second-order valence-corrected chi connectivity index (χ2v) is 15.0. The topological polar surface area (TPSA) is 168 Å². The van der Waals surface area contributed by atoms with Gasteiger partial charge in [-0.3, -0.25) is 4.79 Å². The molecule has 0 bridgehead atoms. The number of nitrogens with zero attached hydrogens (tertiary/aromatic N) is 5. The molecule has 0 spiro atoms. The molecule has 2 aliphatic rings. The highest BCUT2D eigenvalue weighted by Gasteiger charge is 2.42. The molecule has 2 fully saturated rings. The molecule has 0 unspecified atom stereocenters. The number of hydrogen-bond donors (Lipinski definition) is 3. The minimum absolute atomic E-state index is 0.0557. The first-order valence-corrected chi connectivity index (χ1v) is 18.1. The second-order valence-electron chi connectivity index (χ2n) is 12.5. The molecule has 2 saturated heterocycles. The maximum Gasteiger partial charge on any atom is 0.491 e. The van der Waals surface area contributed by atoms with Crippen LogP contribution in [0.15, 0.2) is 59.8 Å². The Hall–Kier alpha value is -5.14. The zero-order valence-corrected chi connectivity index (χ0v) is 30.4. The zero-order chi connectivity index (χ0) is 38.5. The summed E-state index contributed by atoms with van der Waals surface area (Å²) in [6, 6.07) is 9.64.